The highest BCUT2D eigenvalue weighted by atomic mass is 32.2. The normalized spacial score (nSPS) is 11.7. The number of hydrogen-bond acceptors (Lipinski definition) is 6. The summed E-state index contributed by atoms with van der Waals surface area (Å²) in [5.74, 6) is 1.29. The fraction of sp³-hybridized carbons (Fsp3) is 0.211. The number of methoxy groups -OCH3 is 2. The maximum Gasteiger partial charge on any atom is 0.237 e. The fourth-order valence-corrected chi connectivity index (χ4v) is 3.24. The van der Waals surface area contributed by atoms with Crippen molar-refractivity contribution in [3.8, 4) is 17.2 Å². The maximum absolute atomic E-state index is 12.5. The van der Waals surface area contributed by atoms with Gasteiger partial charge in [0.15, 0.2) is 5.16 Å². The third-order valence-corrected chi connectivity index (χ3v) is 4.89. The number of ether oxygens (including phenoxy) is 2. The van der Waals surface area contributed by atoms with Crippen molar-refractivity contribution in [1.29, 1.82) is 0 Å². The van der Waals surface area contributed by atoms with Gasteiger partial charge in [0.1, 0.15) is 17.8 Å². The molecule has 1 heterocycles. The van der Waals surface area contributed by atoms with Crippen molar-refractivity contribution in [2.24, 2.45) is 0 Å². The smallest absolute Gasteiger partial charge is 0.237 e. The van der Waals surface area contributed by atoms with Crippen LogP contribution >= 0.6 is 11.8 Å². The summed E-state index contributed by atoms with van der Waals surface area (Å²) < 4.78 is 12.3. The molecular weight excluding hydrogens is 364 g/mol. The summed E-state index contributed by atoms with van der Waals surface area (Å²) in [7, 11) is 3.21. The van der Waals surface area contributed by atoms with Crippen LogP contribution in [-0.4, -0.2) is 40.1 Å². The Hall–Kier alpha value is -3.00. The number of nitrogens with zero attached hydrogens (tertiary/aromatic N) is 3. The Morgan fingerprint density at radius 1 is 1.11 bits per heavy atom. The molecule has 27 heavy (non-hydrogen) atoms. The summed E-state index contributed by atoms with van der Waals surface area (Å²) in [6.07, 6.45) is 1.61. The van der Waals surface area contributed by atoms with E-state index in [4.69, 9.17) is 9.47 Å². The molecule has 2 aromatic carbocycles. The lowest BCUT2D eigenvalue weighted by atomic mass is 10.3. The van der Waals surface area contributed by atoms with Crippen molar-refractivity contribution in [3.05, 3.63) is 54.9 Å². The zero-order chi connectivity index (χ0) is 19.2. The lowest BCUT2D eigenvalue weighted by Crippen LogP contribution is -2.22. The van der Waals surface area contributed by atoms with Crippen LogP contribution in [0.2, 0.25) is 0 Å². The van der Waals surface area contributed by atoms with Gasteiger partial charge in [0, 0.05) is 17.8 Å². The van der Waals surface area contributed by atoms with Gasteiger partial charge in [0.25, 0.3) is 0 Å². The largest absolute Gasteiger partial charge is 0.497 e. The third kappa shape index (κ3) is 4.59. The highest BCUT2D eigenvalue weighted by molar-refractivity contribution is 8.00. The number of amides is 1. The van der Waals surface area contributed by atoms with Crippen molar-refractivity contribution < 1.29 is 14.3 Å². The first-order valence-electron chi connectivity index (χ1n) is 8.26. The monoisotopic (exact) mass is 384 g/mol. The van der Waals surface area contributed by atoms with Crippen molar-refractivity contribution >= 4 is 23.4 Å². The number of nitrogens with one attached hydrogen (secondary N) is 1. The Labute approximate surface area is 161 Å². The lowest BCUT2D eigenvalue weighted by Gasteiger charge is -2.13. The van der Waals surface area contributed by atoms with E-state index >= 15 is 0 Å². The molecule has 3 rings (SSSR count). The fourth-order valence-electron chi connectivity index (χ4n) is 2.40. The van der Waals surface area contributed by atoms with E-state index in [1.54, 1.807) is 26.6 Å². The van der Waals surface area contributed by atoms with Crippen LogP contribution in [0.5, 0.6) is 11.5 Å². The van der Waals surface area contributed by atoms with Gasteiger partial charge >= 0.3 is 0 Å². The summed E-state index contributed by atoms with van der Waals surface area (Å²) in [4.78, 5) is 12.5. The molecule has 1 aromatic heterocycles. The van der Waals surface area contributed by atoms with E-state index < -0.39 is 0 Å². The van der Waals surface area contributed by atoms with Crippen molar-refractivity contribution in [3.63, 3.8) is 0 Å². The van der Waals surface area contributed by atoms with Gasteiger partial charge in [0.05, 0.1) is 25.2 Å². The van der Waals surface area contributed by atoms with Gasteiger partial charge in [-0.05, 0) is 31.2 Å². The average Bonchev–Trinajstić information content (AvgIpc) is 3.16. The van der Waals surface area contributed by atoms with E-state index in [1.165, 1.54) is 11.8 Å². The molecule has 0 aliphatic heterocycles. The number of aromatic nitrogens is 3. The quantitative estimate of drug-likeness (QED) is 0.629. The summed E-state index contributed by atoms with van der Waals surface area (Å²) in [6.45, 7) is 1.82. The summed E-state index contributed by atoms with van der Waals surface area (Å²) in [5, 5.41) is 11.3. The second-order valence-corrected chi connectivity index (χ2v) is 6.97. The zero-order valence-corrected chi connectivity index (χ0v) is 16.1. The molecule has 1 amide bonds. The van der Waals surface area contributed by atoms with E-state index in [-0.39, 0.29) is 11.2 Å². The molecule has 0 saturated carbocycles. The molecule has 0 aliphatic rings. The Morgan fingerprint density at radius 3 is 2.56 bits per heavy atom. The van der Waals surface area contributed by atoms with Gasteiger partial charge in [-0.25, -0.2) is 0 Å². The molecule has 0 spiro atoms. The molecular formula is C19H20N4O3S. The molecule has 8 heteroatoms. The molecule has 140 valence electrons. The van der Waals surface area contributed by atoms with Gasteiger partial charge < -0.3 is 14.8 Å². The Morgan fingerprint density at radius 2 is 1.81 bits per heavy atom. The number of thioether (sulfide) groups is 1. The minimum atomic E-state index is -0.371. The first-order valence-corrected chi connectivity index (χ1v) is 9.14. The Kier molecular flexibility index (Phi) is 5.97. The maximum atomic E-state index is 12.5. The number of carbonyl (C=O) groups excluding carboxylic acids is 1. The molecule has 0 saturated heterocycles. The number of anilines is 1. The Bertz CT molecular complexity index is 929. The first-order chi connectivity index (χ1) is 13.1. The average molecular weight is 384 g/mol. The number of benzene rings is 2. The number of hydrogen-bond donors (Lipinski definition) is 1. The van der Waals surface area contributed by atoms with Crippen molar-refractivity contribution in [2.75, 3.05) is 19.5 Å². The van der Waals surface area contributed by atoms with E-state index in [0.29, 0.717) is 16.6 Å². The van der Waals surface area contributed by atoms with Crippen LogP contribution in [0.25, 0.3) is 5.69 Å². The molecule has 1 N–H and O–H groups in total. The minimum Gasteiger partial charge on any atom is -0.497 e. The minimum absolute atomic E-state index is 0.131. The topological polar surface area (TPSA) is 78.3 Å². The van der Waals surface area contributed by atoms with E-state index in [0.717, 1.165) is 11.4 Å². The van der Waals surface area contributed by atoms with Crippen molar-refractivity contribution in [2.45, 2.75) is 17.3 Å². The van der Waals surface area contributed by atoms with Gasteiger partial charge in [-0.15, -0.1) is 10.2 Å². The predicted octanol–water partition coefficient (Wildman–Crippen LogP) is 3.40. The SMILES string of the molecule is COc1cccc(NC(=O)[C@H](C)Sc2nncn2-c2cccc(OC)c2)c1. The summed E-state index contributed by atoms with van der Waals surface area (Å²) >= 11 is 1.33. The van der Waals surface area contributed by atoms with E-state index in [9.17, 15) is 4.79 Å². The lowest BCUT2D eigenvalue weighted by molar-refractivity contribution is -0.115. The first kappa shape index (κ1) is 18.8. The van der Waals surface area contributed by atoms with Gasteiger partial charge in [-0.2, -0.15) is 0 Å². The van der Waals surface area contributed by atoms with Crippen LogP contribution in [0.4, 0.5) is 5.69 Å². The van der Waals surface area contributed by atoms with Crippen LogP contribution in [0.3, 0.4) is 0 Å². The molecule has 0 radical (unpaired) electrons. The molecule has 7 nitrogen and oxygen atoms in total. The van der Waals surface area contributed by atoms with Gasteiger partial charge in [-0.3, -0.25) is 9.36 Å². The third-order valence-electron chi connectivity index (χ3n) is 3.84. The predicted molar refractivity (Wildman–Crippen MR) is 105 cm³/mol. The highest BCUT2D eigenvalue weighted by Gasteiger charge is 2.19. The summed E-state index contributed by atoms with van der Waals surface area (Å²) in [5.41, 5.74) is 1.54. The van der Waals surface area contributed by atoms with Crippen LogP contribution in [0.15, 0.2) is 60.0 Å². The standard InChI is InChI=1S/C19H20N4O3S/c1-13(18(24)21-14-6-4-8-16(10-14)25-2)27-19-22-20-12-23(19)15-7-5-9-17(11-15)26-3/h4-13H,1-3H3,(H,21,24)/t13-/m0/s1. The number of carbonyl (C=O) groups is 1. The van der Waals surface area contributed by atoms with Crippen LogP contribution in [0, 0.1) is 0 Å². The van der Waals surface area contributed by atoms with Crippen LogP contribution in [-0.2, 0) is 4.79 Å². The van der Waals surface area contributed by atoms with E-state index in [2.05, 4.69) is 15.5 Å². The van der Waals surface area contributed by atoms with Gasteiger partial charge in [0.2, 0.25) is 5.91 Å². The molecule has 0 aliphatic carbocycles. The highest BCUT2D eigenvalue weighted by Crippen LogP contribution is 2.26. The molecule has 0 fully saturated rings. The zero-order valence-electron chi connectivity index (χ0n) is 15.2. The van der Waals surface area contributed by atoms with Crippen LogP contribution in [0.1, 0.15) is 6.92 Å². The second kappa shape index (κ2) is 8.59. The van der Waals surface area contributed by atoms with E-state index in [1.807, 2.05) is 54.0 Å². The summed E-state index contributed by atoms with van der Waals surface area (Å²) in [6, 6.07) is 14.8. The van der Waals surface area contributed by atoms with Gasteiger partial charge in [-0.1, -0.05) is 23.9 Å². The molecule has 3 aromatic rings. The van der Waals surface area contributed by atoms with Crippen LogP contribution < -0.4 is 14.8 Å². The molecule has 0 unspecified atom stereocenters. The number of rotatable bonds is 7. The molecule has 0 bridgehead atoms. The second-order valence-electron chi connectivity index (χ2n) is 5.67. The molecule has 1 atom stereocenters. The van der Waals surface area contributed by atoms with Crippen molar-refractivity contribution in [1.82, 2.24) is 14.8 Å². The Balaban J connectivity index is 1.71.